The van der Waals surface area contributed by atoms with Crippen LogP contribution < -0.4 is 16.4 Å². The number of carbonyl (C=O) groups is 1. The standard InChI is InChI=1S/C24H25F4N7O/c1-34-11-9-19(17(25)14-34)32-22-6-2-5-20-16(12-24(26,27)28)18(33-35(20)22)4-3-10-30-23(36)15-7-8-21(29)31-13-15/h2,5-8,13,17,19,32H,9-12,14H2,1H3,(H2,29,31)(H,30,36)/t17-,19+/m0/s1. The highest BCUT2D eigenvalue weighted by molar-refractivity contribution is 5.94. The predicted molar refractivity (Wildman–Crippen MR) is 127 cm³/mol. The van der Waals surface area contributed by atoms with Crippen molar-refractivity contribution in [2.75, 3.05) is 37.7 Å². The molecule has 4 N–H and O–H groups in total. The third kappa shape index (κ3) is 6.04. The van der Waals surface area contributed by atoms with Crippen molar-refractivity contribution < 1.29 is 22.4 Å². The lowest BCUT2D eigenvalue weighted by Crippen LogP contribution is -2.46. The molecule has 0 bridgehead atoms. The molecule has 0 unspecified atom stereocenters. The van der Waals surface area contributed by atoms with Crippen LogP contribution in [0.25, 0.3) is 5.52 Å². The van der Waals surface area contributed by atoms with E-state index in [1.165, 1.54) is 28.9 Å². The Morgan fingerprint density at radius 3 is 2.78 bits per heavy atom. The number of nitrogens with zero attached hydrogens (tertiary/aromatic N) is 4. The zero-order chi connectivity index (χ0) is 25.9. The first-order chi connectivity index (χ1) is 17.1. The smallest absolute Gasteiger partial charge is 0.384 e. The second-order valence-electron chi connectivity index (χ2n) is 8.60. The number of fused-ring (bicyclic) bond motifs is 1. The number of nitrogens with one attached hydrogen (secondary N) is 2. The number of pyridine rings is 2. The minimum absolute atomic E-state index is 0.0647. The predicted octanol–water partition coefficient (Wildman–Crippen LogP) is 2.65. The molecule has 0 aromatic carbocycles. The second-order valence-corrected chi connectivity index (χ2v) is 8.60. The van der Waals surface area contributed by atoms with Gasteiger partial charge in [-0.25, -0.2) is 13.9 Å². The minimum Gasteiger partial charge on any atom is -0.384 e. The van der Waals surface area contributed by atoms with Gasteiger partial charge >= 0.3 is 6.18 Å². The van der Waals surface area contributed by atoms with Gasteiger partial charge in [-0.15, -0.1) is 0 Å². The third-order valence-electron chi connectivity index (χ3n) is 5.81. The summed E-state index contributed by atoms with van der Waals surface area (Å²) in [6, 6.07) is 7.23. The largest absolute Gasteiger partial charge is 0.393 e. The highest BCUT2D eigenvalue weighted by atomic mass is 19.4. The van der Waals surface area contributed by atoms with Crippen LogP contribution in [0.2, 0.25) is 0 Å². The summed E-state index contributed by atoms with van der Waals surface area (Å²) in [5.41, 5.74) is 5.84. The minimum atomic E-state index is -4.49. The van der Waals surface area contributed by atoms with Gasteiger partial charge in [0, 0.05) is 24.8 Å². The molecule has 1 fully saturated rings. The molecular formula is C24H25F4N7O. The first-order valence-electron chi connectivity index (χ1n) is 11.3. The number of piperidine rings is 1. The van der Waals surface area contributed by atoms with Gasteiger partial charge in [-0.3, -0.25) is 4.79 Å². The zero-order valence-electron chi connectivity index (χ0n) is 19.4. The van der Waals surface area contributed by atoms with Gasteiger partial charge < -0.3 is 21.3 Å². The fourth-order valence-electron chi connectivity index (χ4n) is 4.01. The third-order valence-corrected chi connectivity index (χ3v) is 5.81. The van der Waals surface area contributed by atoms with E-state index in [1.54, 1.807) is 12.1 Å². The monoisotopic (exact) mass is 503 g/mol. The summed E-state index contributed by atoms with van der Waals surface area (Å²) in [5.74, 6) is 5.50. The van der Waals surface area contributed by atoms with Gasteiger partial charge in [0.2, 0.25) is 0 Å². The maximum absolute atomic E-state index is 14.6. The molecule has 1 aliphatic heterocycles. The Bertz CT molecular complexity index is 1290. The van der Waals surface area contributed by atoms with Crippen LogP contribution in [-0.2, 0) is 6.42 Å². The molecular weight excluding hydrogens is 478 g/mol. The Labute approximate surface area is 204 Å². The number of alkyl halides is 4. The van der Waals surface area contributed by atoms with Gasteiger partial charge in [0.15, 0.2) is 0 Å². The Balaban J connectivity index is 1.58. The molecule has 8 nitrogen and oxygen atoms in total. The molecule has 1 aliphatic rings. The maximum atomic E-state index is 14.6. The number of anilines is 2. The number of nitrogens with two attached hydrogens (primary N) is 1. The summed E-state index contributed by atoms with van der Waals surface area (Å²) >= 11 is 0. The normalized spacial score (nSPS) is 18.5. The Morgan fingerprint density at radius 2 is 2.08 bits per heavy atom. The highest BCUT2D eigenvalue weighted by Gasteiger charge is 2.32. The molecule has 3 aromatic heterocycles. The first-order valence-corrected chi connectivity index (χ1v) is 11.3. The van der Waals surface area contributed by atoms with Gasteiger partial charge in [0.05, 0.1) is 30.1 Å². The number of amides is 1. The number of nitrogen functional groups attached to an aromatic ring is 1. The molecule has 4 rings (SSSR count). The Morgan fingerprint density at radius 1 is 1.28 bits per heavy atom. The molecule has 2 atom stereocenters. The number of rotatable bonds is 5. The zero-order valence-corrected chi connectivity index (χ0v) is 19.4. The quantitative estimate of drug-likeness (QED) is 0.366. The summed E-state index contributed by atoms with van der Waals surface area (Å²) in [5, 5.41) is 9.95. The highest BCUT2D eigenvalue weighted by Crippen LogP contribution is 2.28. The lowest BCUT2D eigenvalue weighted by atomic mass is 10.0. The molecule has 0 saturated carbocycles. The molecule has 0 spiro atoms. The summed E-state index contributed by atoms with van der Waals surface area (Å²) in [7, 11) is 1.83. The summed E-state index contributed by atoms with van der Waals surface area (Å²) in [4.78, 5) is 17.9. The van der Waals surface area contributed by atoms with E-state index >= 15 is 0 Å². The van der Waals surface area contributed by atoms with Crippen LogP contribution in [0.15, 0.2) is 36.5 Å². The molecule has 1 amide bonds. The van der Waals surface area contributed by atoms with E-state index in [2.05, 4.69) is 32.6 Å². The SMILES string of the molecule is CN1CC[C@@H](Nc2cccc3c(CC(F)(F)F)c(C#CCNC(=O)c4ccc(N)nc4)nn23)[C@@H](F)C1. The van der Waals surface area contributed by atoms with Crippen LogP contribution in [0.5, 0.6) is 0 Å². The average molecular weight is 504 g/mol. The number of halogens is 4. The van der Waals surface area contributed by atoms with Crippen LogP contribution in [0.4, 0.5) is 29.2 Å². The molecule has 4 heterocycles. The lowest BCUT2D eigenvalue weighted by Gasteiger charge is -2.33. The maximum Gasteiger partial charge on any atom is 0.393 e. The summed E-state index contributed by atoms with van der Waals surface area (Å²) in [6.07, 6.45) is -5.00. The molecule has 190 valence electrons. The number of hydrogen-bond acceptors (Lipinski definition) is 6. The van der Waals surface area contributed by atoms with Crippen molar-refractivity contribution in [2.45, 2.75) is 31.2 Å². The Kier molecular flexibility index (Phi) is 7.30. The van der Waals surface area contributed by atoms with Crippen molar-refractivity contribution >= 4 is 23.1 Å². The molecule has 3 aromatic rings. The van der Waals surface area contributed by atoms with Crippen LogP contribution in [0.3, 0.4) is 0 Å². The summed E-state index contributed by atoms with van der Waals surface area (Å²) in [6.45, 7) is 0.842. The van der Waals surface area contributed by atoms with E-state index < -0.39 is 30.7 Å². The van der Waals surface area contributed by atoms with Crippen molar-refractivity contribution in [3.05, 3.63) is 53.3 Å². The fraction of sp³-hybridized carbons (Fsp3) is 0.375. The van der Waals surface area contributed by atoms with Crippen molar-refractivity contribution in [2.24, 2.45) is 0 Å². The number of likely N-dealkylation sites (tertiary alicyclic amines) is 1. The average Bonchev–Trinajstić information content (AvgIpc) is 3.15. The van der Waals surface area contributed by atoms with E-state index in [0.29, 0.717) is 18.8 Å². The van der Waals surface area contributed by atoms with Crippen molar-refractivity contribution in [3.8, 4) is 11.8 Å². The number of aromatic nitrogens is 3. The Hall–Kier alpha value is -3.85. The van der Waals surface area contributed by atoms with Gasteiger partial charge in [-0.2, -0.15) is 18.3 Å². The van der Waals surface area contributed by atoms with E-state index in [1.807, 2.05) is 11.9 Å². The van der Waals surface area contributed by atoms with E-state index in [9.17, 15) is 22.4 Å². The number of hydrogen-bond donors (Lipinski definition) is 3. The number of carbonyl (C=O) groups excluding carboxylic acids is 1. The van der Waals surface area contributed by atoms with E-state index in [4.69, 9.17) is 5.73 Å². The van der Waals surface area contributed by atoms with Gasteiger partial charge in [0.25, 0.3) is 5.91 Å². The fourth-order valence-corrected chi connectivity index (χ4v) is 4.01. The molecule has 0 aliphatic carbocycles. The van der Waals surface area contributed by atoms with Crippen LogP contribution >= 0.6 is 0 Å². The molecule has 0 radical (unpaired) electrons. The molecule has 1 saturated heterocycles. The van der Waals surface area contributed by atoms with Gasteiger partial charge in [-0.1, -0.05) is 12.0 Å². The van der Waals surface area contributed by atoms with Crippen molar-refractivity contribution in [1.82, 2.24) is 24.8 Å². The van der Waals surface area contributed by atoms with Crippen LogP contribution in [0, 0.1) is 11.8 Å². The first kappa shape index (κ1) is 25.2. The van der Waals surface area contributed by atoms with E-state index in [-0.39, 0.29) is 41.2 Å². The van der Waals surface area contributed by atoms with Gasteiger partial charge in [-0.05, 0) is 43.7 Å². The van der Waals surface area contributed by atoms with Crippen LogP contribution in [0.1, 0.15) is 28.0 Å². The van der Waals surface area contributed by atoms with E-state index in [0.717, 1.165) is 0 Å². The molecule has 12 heteroatoms. The lowest BCUT2D eigenvalue weighted by molar-refractivity contribution is -0.127. The topological polar surface area (TPSA) is 101 Å². The van der Waals surface area contributed by atoms with Crippen molar-refractivity contribution in [1.29, 1.82) is 0 Å². The van der Waals surface area contributed by atoms with Gasteiger partial charge in [0.1, 0.15) is 23.5 Å². The molecule has 36 heavy (non-hydrogen) atoms. The van der Waals surface area contributed by atoms with Crippen molar-refractivity contribution in [3.63, 3.8) is 0 Å². The summed E-state index contributed by atoms with van der Waals surface area (Å²) < 4.78 is 56.0. The second kappa shape index (κ2) is 10.4. The van der Waals surface area contributed by atoms with Crippen LogP contribution in [-0.4, -0.2) is 70.5 Å².